The van der Waals surface area contributed by atoms with Gasteiger partial charge in [-0.15, -0.1) is 5.10 Å². The third-order valence-electron chi connectivity index (χ3n) is 4.36. The van der Waals surface area contributed by atoms with Gasteiger partial charge in [0, 0.05) is 37.6 Å². The van der Waals surface area contributed by atoms with Gasteiger partial charge in [-0.2, -0.15) is 5.10 Å². The molecule has 0 radical (unpaired) electrons. The topological polar surface area (TPSA) is 91.2 Å². The minimum absolute atomic E-state index is 0.178. The summed E-state index contributed by atoms with van der Waals surface area (Å²) >= 11 is 0. The molecule has 2 N–H and O–H groups in total. The van der Waals surface area contributed by atoms with Crippen LogP contribution >= 0.6 is 0 Å². The molecule has 8 nitrogen and oxygen atoms in total. The van der Waals surface area contributed by atoms with E-state index in [2.05, 4.69) is 30.5 Å². The van der Waals surface area contributed by atoms with Gasteiger partial charge in [0.1, 0.15) is 11.6 Å². The summed E-state index contributed by atoms with van der Waals surface area (Å²) in [6.45, 7) is 1.72. The first-order valence-electron chi connectivity index (χ1n) is 8.16. The van der Waals surface area contributed by atoms with Crippen molar-refractivity contribution >= 4 is 17.3 Å². The summed E-state index contributed by atoms with van der Waals surface area (Å²) in [5.74, 6) is 1.64. The van der Waals surface area contributed by atoms with E-state index in [0.717, 1.165) is 43.2 Å². The molecule has 4 heterocycles. The van der Waals surface area contributed by atoms with E-state index < -0.39 is 0 Å². The van der Waals surface area contributed by atoms with Crippen molar-refractivity contribution in [1.29, 1.82) is 0 Å². The van der Waals surface area contributed by atoms with Crippen LogP contribution in [0, 0.1) is 0 Å². The number of rotatable bonds is 4. The van der Waals surface area contributed by atoms with Gasteiger partial charge < -0.3 is 10.2 Å². The first-order valence-corrected chi connectivity index (χ1v) is 8.16. The second-order valence-corrected chi connectivity index (χ2v) is 5.95. The molecule has 3 aromatic rings. The Labute approximate surface area is 138 Å². The number of fused-ring (bicyclic) bond motifs is 1. The average molecular weight is 325 g/mol. The van der Waals surface area contributed by atoms with Gasteiger partial charge in [0.25, 0.3) is 5.56 Å². The third kappa shape index (κ3) is 2.94. The number of hydrogen-bond donors (Lipinski definition) is 2. The fourth-order valence-electron chi connectivity index (χ4n) is 3.14. The Morgan fingerprint density at radius 1 is 1.25 bits per heavy atom. The van der Waals surface area contributed by atoms with Crippen molar-refractivity contribution in [2.24, 2.45) is 0 Å². The Hall–Kier alpha value is -2.90. The number of imidazole rings is 1. The van der Waals surface area contributed by atoms with Gasteiger partial charge in [-0.05, 0) is 37.5 Å². The molecule has 24 heavy (non-hydrogen) atoms. The molecule has 0 saturated carbocycles. The van der Waals surface area contributed by atoms with Gasteiger partial charge >= 0.3 is 0 Å². The second-order valence-electron chi connectivity index (χ2n) is 5.95. The van der Waals surface area contributed by atoms with Crippen molar-refractivity contribution in [3.8, 4) is 0 Å². The Balaban J connectivity index is 1.48. The van der Waals surface area contributed by atoms with Gasteiger partial charge in [-0.1, -0.05) is 0 Å². The maximum Gasteiger partial charge on any atom is 0.264 e. The summed E-state index contributed by atoms with van der Waals surface area (Å²) in [6, 6.07) is 7.51. The minimum atomic E-state index is -0.178. The van der Waals surface area contributed by atoms with Gasteiger partial charge in [0.15, 0.2) is 5.65 Å². The smallest absolute Gasteiger partial charge is 0.264 e. The van der Waals surface area contributed by atoms with Gasteiger partial charge in [0.05, 0.1) is 0 Å². The molecule has 3 aromatic heterocycles. The fraction of sp³-hybridized carbons (Fsp3) is 0.375. The molecule has 4 rings (SSSR count). The molecular weight excluding hydrogens is 306 g/mol. The lowest BCUT2D eigenvalue weighted by Crippen LogP contribution is -2.44. The number of aromatic amines is 1. The van der Waals surface area contributed by atoms with E-state index in [-0.39, 0.29) is 5.56 Å². The standard InChI is InChI=1S/C16H19N7O/c24-16-7-6-15(19-20-16)22-9-2-1-3-12(22)11-18-13-4-5-14-17-8-10-23(14)21-13/h4-8,10,12H,1-3,9,11H2,(H,18,21)(H,20,24). The molecule has 1 atom stereocenters. The first kappa shape index (κ1) is 14.7. The molecule has 1 saturated heterocycles. The van der Waals surface area contributed by atoms with Gasteiger partial charge in [-0.25, -0.2) is 14.6 Å². The van der Waals surface area contributed by atoms with Crippen molar-refractivity contribution < 1.29 is 0 Å². The highest BCUT2D eigenvalue weighted by Gasteiger charge is 2.23. The minimum Gasteiger partial charge on any atom is -0.367 e. The van der Waals surface area contributed by atoms with Gasteiger partial charge in [0.2, 0.25) is 0 Å². The molecule has 0 amide bonds. The summed E-state index contributed by atoms with van der Waals surface area (Å²) < 4.78 is 1.75. The van der Waals surface area contributed by atoms with Crippen molar-refractivity contribution in [2.45, 2.75) is 25.3 Å². The molecule has 0 aliphatic carbocycles. The van der Waals surface area contributed by atoms with E-state index in [1.807, 2.05) is 18.3 Å². The molecule has 8 heteroatoms. The Bertz CT molecular complexity index is 867. The van der Waals surface area contributed by atoms with Crippen LogP contribution in [0.3, 0.4) is 0 Å². The number of H-pyrrole nitrogens is 1. The largest absolute Gasteiger partial charge is 0.367 e. The van der Waals surface area contributed by atoms with E-state index in [1.54, 1.807) is 16.8 Å². The zero-order valence-electron chi connectivity index (χ0n) is 13.2. The Morgan fingerprint density at radius 2 is 2.21 bits per heavy atom. The maximum absolute atomic E-state index is 11.2. The number of anilines is 2. The molecule has 0 bridgehead atoms. The highest BCUT2D eigenvalue weighted by atomic mass is 16.1. The van der Waals surface area contributed by atoms with Crippen LogP contribution < -0.4 is 15.8 Å². The summed E-state index contributed by atoms with van der Waals surface area (Å²) in [6.07, 6.45) is 6.98. The van der Waals surface area contributed by atoms with E-state index in [4.69, 9.17) is 0 Å². The van der Waals surface area contributed by atoms with Crippen LogP contribution in [-0.4, -0.2) is 43.9 Å². The molecule has 0 aromatic carbocycles. The molecule has 0 spiro atoms. The van der Waals surface area contributed by atoms with Crippen LogP contribution in [0.4, 0.5) is 11.6 Å². The lowest BCUT2D eigenvalue weighted by atomic mass is 10.0. The highest BCUT2D eigenvalue weighted by Crippen LogP contribution is 2.22. The van der Waals surface area contributed by atoms with Crippen molar-refractivity contribution in [3.63, 3.8) is 0 Å². The Kier molecular flexibility index (Phi) is 3.86. The van der Waals surface area contributed by atoms with E-state index in [0.29, 0.717) is 6.04 Å². The van der Waals surface area contributed by atoms with Crippen LogP contribution in [0.2, 0.25) is 0 Å². The molecule has 1 aliphatic heterocycles. The molecule has 1 aliphatic rings. The summed E-state index contributed by atoms with van der Waals surface area (Å²) in [5, 5.41) is 14.6. The average Bonchev–Trinajstić information content (AvgIpc) is 3.09. The van der Waals surface area contributed by atoms with Crippen LogP contribution in [0.15, 0.2) is 41.5 Å². The molecule has 1 unspecified atom stereocenters. The zero-order chi connectivity index (χ0) is 16.4. The van der Waals surface area contributed by atoms with Crippen LogP contribution in [0.5, 0.6) is 0 Å². The number of piperidine rings is 1. The Morgan fingerprint density at radius 3 is 3.08 bits per heavy atom. The maximum atomic E-state index is 11.2. The lowest BCUT2D eigenvalue weighted by molar-refractivity contribution is 0.467. The summed E-state index contributed by atoms with van der Waals surface area (Å²) in [7, 11) is 0. The van der Waals surface area contributed by atoms with Crippen LogP contribution in [0.25, 0.3) is 5.65 Å². The van der Waals surface area contributed by atoms with Crippen molar-refractivity contribution in [2.75, 3.05) is 23.3 Å². The van der Waals surface area contributed by atoms with Gasteiger partial charge in [-0.3, -0.25) is 4.79 Å². The quantitative estimate of drug-likeness (QED) is 0.751. The molecular formula is C16H19N7O. The van der Waals surface area contributed by atoms with E-state index >= 15 is 0 Å². The summed E-state index contributed by atoms with van der Waals surface area (Å²) in [4.78, 5) is 17.7. The first-order chi connectivity index (χ1) is 11.8. The lowest BCUT2D eigenvalue weighted by Gasteiger charge is -2.36. The number of hydrogen-bond acceptors (Lipinski definition) is 6. The number of nitrogens with zero attached hydrogens (tertiary/aromatic N) is 5. The third-order valence-corrected chi connectivity index (χ3v) is 4.36. The van der Waals surface area contributed by atoms with Crippen LogP contribution in [-0.2, 0) is 0 Å². The van der Waals surface area contributed by atoms with E-state index in [9.17, 15) is 4.79 Å². The normalized spacial score (nSPS) is 18.0. The SMILES string of the molecule is O=c1ccc(N2CCCCC2CNc2ccc3nccn3n2)n[nH]1. The highest BCUT2D eigenvalue weighted by molar-refractivity contribution is 5.45. The van der Waals surface area contributed by atoms with E-state index in [1.165, 1.54) is 12.5 Å². The number of aromatic nitrogens is 5. The van der Waals surface area contributed by atoms with Crippen LogP contribution in [0.1, 0.15) is 19.3 Å². The predicted molar refractivity (Wildman–Crippen MR) is 91.3 cm³/mol. The molecule has 124 valence electrons. The van der Waals surface area contributed by atoms with Crippen molar-refractivity contribution in [1.82, 2.24) is 24.8 Å². The second kappa shape index (κ2) is 6.31. The monoisotopic (exact) mass is 325 g/mol. The van der Waals surface area contributed by atoms with Crippen molar-refractivity contribution in [3.05, 3.63) is 47.0 Å². The summed E-state index contributed by atoms with van der Waals surface area (Å²) in [5.41, 5.74) is 0.653. The molecule has 1 fully saturated rings. The predicted octanol–water partition coefficient (Wildman–Crippen LogP) is 1.28. The number of nitrogens with one attached hydrogen (secondary N) is 2. The zero-order valence-corrected chi connectivity index (χ0v) is 13.2. The fourth-order valence-corrected chi connectivity index (χ4v) is 3.14.